The van der Waals surface area contributed by atoms with Crippen LogP contribution in [-0.4, -0.2) is 5.11 Å². The lowest BCUT2D eigenvalue weighted by molar-refractivity contribution is 0.478. The summed E-state index contributed by atoms with van der Waals surface area (Å²) in [5.41, 5.74) is 0.749. The first-order valence-electron chi connectivity index (χ1n) is 3.00. The Kier molecular flexibility index (Phi) is 2.80. The highest BCUT2D eigenvalue weighted by molar-refractivity contribution is 6.35. The molecule has 1 aromatic rings. The second-order valence-corrected chi connectivity index (χ2v) is 2.83. The lowest BCUT2D eigenvalue weighted by Crippen LogP contribution is -1.74. The fraction of sp³-hybridized carbons (Fsp3) is 0. The quantitative estimate of drug-likeness (QED) is 0.670. The molecule has 0 unspecified atom stereocenters. The monoisotopic (exact) mass is 188 g/mol. The molecule has 0 spiro atoms. The van der Waals surface area contributed by atoms with E-state index in [1.165, 1.54) is 6.08 Å². The molecule has 0 atom stereocenters. The molecule has 1 rings (SSSR count). The van der Waals surface area contributed by atoms with E-state index in [4.69, 9.17) is 28.3 Å². The third-order valence-electron chi connectivity index (χ3n) is 1.22. The second-order valence-electron chi connectivity index (χ2n) is 1.98. The number of benzene rings is 1. The SMILES string of the molecule is O/C=C/c1ccc(Cl)cc1Cl. The highest BCUT2D eigenvalue weighted by Crippen LogP contribution is 2.21. The number of hydrogen-bond acceptors (Lipinski definition) is 1. The van der Waals surface area contributed by atoms with Crippen molar-refractivity contribution in [1.29, 1.82) is 0 Å². The summed E-state index contributed by atoms with van der Waals surface area (Å²) in [6.45, 7) is 0. The number of hydrogen-bond donors (Lipinski definition) is 1. The van der Waals surface area contributed by atoms with Gasteiger partial charge in [-0.3, -0.25) is 0 Å². The van der Waals surface area contributed by atoms with Crippen LogP contribution in [0, 0.1) is 0 Å². The van der Waals surface area contributed by atoms with E-state index in [0.717, 1.165) is 11.8 Å². The van der Waals surface area contributed by atoms with Crippen molar-refractivity contribution in [2.75, 3.05) is 0 Å². The van der Waals surface area contributed by atoms with Gasteiger partial charge in [0.25, 0.3) is 0 Å². The van der Waals surface area contributed by atoms with Crippen molar-refractivity contribution in [2.45, 2.75) is 0 Å². The molecule has 0 aliphatic rings. The Labute approximate surface area is 74.9 Å². The molecule has 0 saturated heterocycles. The summed E-state index contributed by atoms with van der Waals surface area (Å²) in [6, 6.07) is 5.07. The first-order valence-corrected chi connectivity index (χ1v) is 3.75. The summed E-state index contributed by atoms with van der Waals surface area (Å²) in [5.74, 6) is 0. The summed E-state index contributed by atoms with van der Waals surface area (Å²) < 4.78 is 0. The molecule has 0 radical (unpaired) electrons. The van der Waals surface area contributed by atoms with Crippen molar-refractivity contribution in [3.8, 4) is 0 Å². The Balaban J connectivity index is 3.09. The second kappa shape index (κ2) is 3.65. The van der Waals surface area contributed by atoms with Crippen LogP contribution in [-0.2, 0) is 0 Å². The average Bonchev–Trinajstić information content (AvgIpc) is 1.95. The molecule has 58 valence electrons. The van der Waals surface area contributed by atoms with Crippen LogP contribution in [0.2, 0.25) is 10.0 Å². The van der Waals surface area contributed by atoms with Gasteiger partial charge in [0.2, 0.25) is 0 Å². The molecule has 0 saturated carbocycles. The molecule has 0 fully saturated rings. The van der Waals surface area contributed by atoms with Gasteiger partial charge in [0.05, 0.1) is 6.26 Å². The van der Waals surface area contributed by atoms with Crippen LogP contribution in [0.25, 0.3) is 6.08 Å². The van der Waals surface area contributed by atoms with Gasteiger partial charge in [0, 0.05) is 10.0 Å². The Morgan fingerprint density at radius 2 is 2.00 bits per heavy atom. The lowest BCUT2D eigenvalue weighted by atomic mass is 10.2. The molecule has 1 aromatic carbocycles. The van der Waals surface area contributed by atoms with Crippen molar-refractivity contribution < 1.29 is 5.11 Å². The molecule has 0 aromatic heterocycles. The van der Waals surface area contributed by atoms with Gasteiger partial charge in [0.1, 0.15) is 0 Å². The van der Waals surface area contributed by atoms with Crippen LogP contribution in [0.1, 0.15) is 5.56 Å². The van der Waals surface area contributed by atoms with E-state index in [0.29, 0.717) is 10.0 Å². The molecule has 0 amide bonds. The van der Waals surface area contributed by atoms with Crippen LogP contribution in [0.4, 0.5) is 0 Å². The van der Waals surface area contributed by atoms with Gasteiger partial charge < -0.3 is 5.11 Å². The molecule has 11 heavy (non-hydrogen) atoms. The van der Waals surface area contributed by atoms with Gasteiger partial charge in [-0.25, -0.2) is 0 Å². The van der Waals surface area contributed by atoms with E-state index >= 15 is 0 Å². The molecule has 1 nitrogen and oxygen atoms in total. The zero-order chi connectivity index (χ0) is 8.27. The Morgan fingerprint density at radius 1 is 1.27 bits per heavy atom. The van der Waals surface area contributed by atoms with Crippen molar-refractivity contribution in [1.82, 2.24) is 0 Å². The molecular weight excluding hydrogens is 183 g/mol. The average molecular weight is 189 g/mol. The normalized spacial score (nSPS) is 10.7. The zero-order valence-corrected chi connectivity index (χ0v) is 7.10. The number of halogens is 2. The maximum Gasteiger partial charge on any atom is 0.0798 e. The standard InChI is InChI=1S/C8H6Cl2O/c9-7-2-1-6(3-4-11)8(10)5-7/h1-5,11H/b4-3+. The highest BCUT2D eigenvalue weighted by atomic mass is 35.5. The van der Waals surface area contributed by atoms with E-state index < -0.39 is 0 Å². The molecule has 0 bridgehead atoms. The fourth-order valence-electron chi connectivity index (χ4n) is 0.717. The van der Waals surface area contributed by atoms with Crippen molar-refractivity contribution in [3.63, 3.8) is 0 Å². The lowest BCUT2D eigenvalue weighted by Gasteiger charge is -1.96. The van der Waals surface area contributed by atoms with E-state index in [-0.39, 0.29) is 0 Å². The van der Waals surface area contributed by atoms with E-state index in [1.807, 2.05) is 0 Å². The minimum Gasteiger partial charge on any atom is -0.516 e. The summed E-state index contributed by atoms with van der Waals surface area (Å²) in [7, 11) is 0. The first kappa shape index (κ1) is 8.44. The highest BCUT2D eigenvalue weighted by Gasteiger charge is 1.95. The Bertz CT molecular complexity index is 281. The van der Waals surface area contributed by atoms with Crippen LogP contribution >= 0.6 is 23.2 Å². The smallest absolute Gasteiger partial charge is 0.0798 e. The van der Waals surface area contributed by atoms with E-state index in [9.17, 15) is 0 Å². The predicted molar refractivity (Wildman–Crippen MR) is 48.1 cm³/mol. The summed E-state index contributed by atoms with van der Waals surface area (Å²) in [5, 5.41) is 9.56. The van der Waals surface area contributed by atoms with Crippen LogP contribution in [0.5, 0.6) is 0 Å². The molecular formula is C8H6Cl2O. The van der Waals surface area contributed by atoms with E-state index in [2.05, 4.69) is 0 Å². The summed E-state index contributed by atoms with van der Waals surface area (Å²) in [4.78, 5) is 0. The van der Waals surface area contributed by atoms with Crippen LogP contribution < -0.4 is 0 Å². The topological polar surface area (TPSA) is 20.2 Å². The zero-order valence-electron chi connectivity index (χ0n) is 5.59. The van der Waals surface area contributed by atoms with Crippen molar-refractivity contribution in [3.05, 3.63) is 40.1 Å². The third-order valence-corrected chi connectivity index (χ3v) is 1.78. The molecule has 0 heterocycles. The van der Waals surface area contributed by atoms with Gasteiger partial charge in [-0.05, 0) is 23.8 Å². The van der Waals surface area contributed by atoms with Crippen molar-refractivity contribution in [2.24, 2.45) is 0 Å². The largest absolute Gasteiger partial charge is 0.516 e. The maximum absolute atomic E-state index is 8.44. The van der Waals surface area contributed by atoms with Crippen LogP contribution in [0.15, 0.2) is 24.5 Å². The van der Waals surface area contributed by atoms with Gasteiger partial charge in [-0.2, -0.15) is 0 Å². The van der Waals surface area contributed by atoms with Gasteiger partial charge in [-0.15, -0.1) is 0 Å². The van der Waals surface area contributed by atoms with Gasteiger partial charge in [-0.1, -0.05) is 29.3 Å². The molecule has 0 aliphatic carbocycles. The first-order chi connectivity index (χ1) is 5.24. The minimum absolute atomic E-state index is 0.530. The predicted octanol–water partition coefficient (Wildman–Crippen LogP) is 3.52. The number of aliphatic hydroxyl groups is 1. The Morgan fingerprint density at radius 3 is 2.55 bits per heavy atom. The van der Waals surface area contributed by atoms with Crippen molar-refractivity contribution >= 4 is 29.3 Å². The minimum atomic E-state index is 0.530. The molecule has 1 N–H and O–H groups in total. The van der Waals surface area contributed by atoms with Crippen LogP contribution in [0.3, 0.4) is 0 Å². The number of rotatable bonds is 1. The Hall–Kier alpha value is -0.660. The maximum atomic E-state index is 8.44. The molecule has 0 aliphatic heterocycles. The van der Waals surface area contributed by atoms with Gasteiger partial charge >= 0.3 is 0 Å². The summed E-state index contributed by atoms with van der Waals surface area (Å²) >= 11 is 11.4. The van der Waals surface area contributed by atoms with Gasteiger partial charge in [0.15, 0.2) is 0 Å². The molecule has 3 heteroatoms. The summed E-state index contributed by atoms with van der Waals surface area (Å²) in [6.07, 6.45) is 2.44. The third kappa shape index (κ3) is 2.14. The van der Waals surface area contributed by atoms with E-state index in [1.54, 1.807) is 18.2 Å². The number of aliphatic hydroxyl groups excluding tert-OH is 1. The fourth-order valence-corrected chi connectivity index (χ4v) is 1.19.